The topological polar surface area (TPSA) is 162 Å². The summed E-state index contributed by atoms with van der Waals surface area (Å²) in [7, 11) is 1.52. The van der Waals surface area contributed by atoms with Crippen LogP contribution in [0.4, 0.5) is 0 Å². The van der Waals surface area contributed by atoms with Crippen molar-refractivity contribution in [2.24, 2.45) is 23.2 Å². The van der Waals surface area contributed by atoms with Crippen molar-refractivity contribution in [3.05, 3.63) is 157 Å². The number of aliphatic hydroxyl groups excluding tert-OH is 3. The summed E-state index contributed by atoms with van der Waals surface area (Å²) in [6.45, 7) is 2.78. The van der Waals surface area contributed by atoms with E-state index >= 15 is 9.59 Å². The summed E-state index contributed by atoms with van der Waals surface area (Å²) in [6, 6.07) is 31.0. The lowest BCUT2D eigenvalue weighted by Crippen LogP contribution is -2.59. The molecule has 0 saturated heterocycles. The lowest BCUT2D eigenvalue weighted by Gasteiger charge is -2.52. The average molecular weight is 1100 g/mol. The van der Waals surface area contributed by atoms with E-state index in [-0.39, 0.29) is 83.9 Å². The van der Waals surface area contributed by atoms with Crippen molar-refractivity contribution >= 4 is 22.9 Å². The van der Waals surface area contributed by atoms with Gasteiger partial charge in [-0.1, -0.05) is 105 Å². The number of fused-ring (bicyclic) bond motifs is 14. The molecule has 4 saturated carbocycles. The highest BCUT2D eigenvalue weighted by Crippen LogP contribution is 2.59. The largest absolute Gasteiger partial charge is 0.483 e. The van der Waals surface area contributed by atoms with Crippen LogP contribution in [-0.4, -0.2) is 65.9 Å². The molecule has 13 rings (SSSR count). The van der Waals surface area contributed by atoms with E-state index in [0.717, 1.165) is 89.0 Å². The fraction of sp³-hybridized carbons (Fsp3) is 0.557. The highest BCUT2D eigenvalue weighted by Gasteiger charge is 2.59. The molecule has 4 aromatic carbocycles. The second kappa shape index (κ2) is 23.2. The van der Waals surface area contributed by atoms with Crippen molar-refractivity contribution in [2.75, 3.05) is 26.9 Å². The van der Waals surface area contributed by atoms with Gasteiger partial charge in [0.1, 0.15) is 16.9 Å². The molecule has 3 aliphatic heterocycles. The Bertz CT molecular complexity index is 3210. The van der Waals surface area contributed by atoms with E-state index in [1.165, 1.54) is 60.6 Å². The van der Waals surface area contributed by atoms with Gasteiger partial charge in [-0.05, 0) is 196 Å². The number of aryl methyl sites for hydroxylation is 2. The van der Waals surface area contributed by atoms with E-state index in [1.807, 2.05) is 13.0 Å². The predicted octanol–water partition coefficient (Wildman–Crippen LogP) is 13.2. The predicted molar refractivity (Wildman–Crippen MR) is 311 cm³/mol. The molecule has 3 N–H and O–H groups in total. The summed E-state index contributed by atoms with van der Waals surface area (Å²) in [4.78, 5) is 45.6. The molecule has 0 amide bonds. The Morgan fingerprint density at radius 1 is 0.778 bits per heavy atom. The minimum atomic E-state index is -1.30. The van der Waals surface area contributed by atoms with Gasteiger partial charge in [0.25, 0.3) is 0 Å². The number of esters is 2. The van der Waals surface area contributed by atoms with Crippen molar-refractivity contribution in [3.63, 3.8) is 0 Å². The molecule has 11 heteroatoms. The van der Waals surface area contributed by atoms with E-state index < -0.39 is 47.9 Å². The molecule has 5 aromatic rings. The summed E-state index contributed by atoms with van der Waals surface area (Å²) < 4.78 is 33.4. The molecule has 430 valence electrons. The highest BCUT2D eigenvalue weighted by atomic mass is 16.6. The maximum Gasteiger partial charge on any atom is 0.340 e. The third-order valence-corrected chi connectivity index (χ3v) is 21.7. The van der Waals surface area contributed by atoms with Crippen LogP contribution in [0.15, 0.2) is 105 Å². The number of rotatable bonds is 10. The van der Waals surface area contributed by atoms with Gasteiger partial charge in [-0.15, -0.1) is 0 Å². The smallest absolute Gasteiger partial charge is 0.340 e. The lowest BCUT2D eigenvalue weighted by molar-refractivity contribution is -0.203. The maximum absolute atomic E-state index is 15.7. The zero-order valence-corrected chi connectivity index (χ0v) is 48.0. The van der Waals surface area contributed by atoms with Crippen molar-refractivity contribution in [1.82, 2.24) is 0 Å². The lowest BCUT2D eigenvalue weighted by atomic mass is 9.54. The first-order valence-electron chi connectivity index (χ1n) is 30.9. The van der Waals surface area contributed by atoms with Gasteiger partial charge in [-0.3, -0.25) is 4.79 Å². The Morgan fingerprint density at radius 2 is 1.57 bits per heavy atom. The first-order valence-corrected chi connectivity index (χ1v) is 30.9. The van der Waals surface area contributed by atoms with Gasteiger partial charge in [-0.25, -0.2) is 9.59 Å². The van der Waals surface area contributed by atoms with Crippen molar-refractivity contribution in [1.29, 1.82) is 0 Å². The summed E-state index contributed by atoms with van der Waals surface area (Å²) >= 11 is 0. The van der Waals surface area contributed by atoms with Gasteiger partial charge < -0.3 is 38.7 Å². The third-order valence-electron chi connectivity index (χ3n) is 21.7. The van der Waals surface area contributed by atoms with Crippen molar-refractivity contribution in [2.45, 2.75) is 196 Å². The standard InChI is InChI=1S/C70H84O11/c1-43(40-72)54-26-20-44-18-21-45(22-19-44)55-27-24-48(47-13-10-15-52(37-47)70-34-7-6-14-51(70)25-23-46-12-4-5-17-58(46)70)36-50(55)38-60(74)78-64-62-59(29-28-56-57(41-73)61(67(76)79-63(56)62)49(30-35-71)42-77-3)81-68(2,65(64)80-66(54)75)53-16-11-33-69(39-53)31-8-9-32-69/h4-5,10,12-13,15,17-19,21-22,28-29,37,48-51,53,55,64-65,71-73H,6-9,11,14,16,20,23-27,30-36,38-42H2,1-3H3/b54-43-/t48-,49+,50+,51+,53-,55-,64+,65-,68-,70-/m0/s1. The molecule has 4 fully saturated rings. The normalized spacial score (nSPS) is 30.2. The Labute approximate surface area is 477 Å². The minimum absolute atomic E-state index is 0.0150. The van der Waals surface area contributed by atoms with Crippen LogP contribution in [0.25, 0.3) is 11.0 Å². The Balaban J connectivity index is 0.983. The van der Waals surface area contributed by atoms with Gasteiger partial charge in [0.2, 0.25) is 0 Å². The number of aliphatic hydroxyl groups is 3. The van der Waals surface area contributed by atoms with Crippen LogP contribution in [0.3, 0.4) is 0 Å². The first kappa shape index (κ1) is 55.9. The quantitative estimate of drug-likeness (QED) is 0.0693. The molecule has 2 bridgehead atoms. The molecule has 81 heavy (non-hydrogen) atoms. The molecule has 1 aromatic heterocycles. The average Bonchev–Trinajstić information content (AvgIpc) is 3.05. The molecule has 1 spiro atoms. The molecule has 11 nitrogen and oxygen atoms in total. The van der Waals surface area contributed by atoms with Crippen molar-refractivity contribution < 1.29 is 48.3 Å². The van der Waals surface area contributed by atoms with Crippen LogP contribution >= 0.6 is 0 Å². The number of carbonyl (C=O) groups excluding carboxylic acids is 2. The van der Waals surface area contributed by atoms with Crippen LogP contribution in [0.5, 0.6) is 5.75 Å². The first-order chi connectivity index (χ1) is 39.4. The van der Waals surface area contributed by atoms with Crippen LogP contribution in [0, 0.1) is 23.2 Å². The fourth-order valence-electron chi connectivity index (χ4n) is 17.5. The van der Waals surface area contributed by atoms with Crippen LogP contribution in [-0.2, 0) is 48.7 Å². The minimum Gasteiger partial charge on any atom is -0.483 e. The number of carbonyl (C=O) groups is 2. The van der Waals surface area contributed by atoms with Crippen LogP contribution < -0.4 is 10.4 Å². The van der Waals surface area contributed by atoms with E-state index in [9.17, 15) is 20.1 Å². The molecule has 4 heterocycles. The maximum atomic E-state index is 15.7. The summed E-state index contributed by atoms with van der Waals surface area (Å²) in [6.07, 6.45) is 16.8. The summed E-state index contributed by atoms with van der Waals surface area (Å²) in [5, 5.41) is 32.5. The monoisotopic (exact) mass is 1100 g/mol. The Hall–Kier alpha value is -5.59. The van der Waals surface area contributed by atoms with Gasteiger partial charge in [0, 0.05) is 53.9 Å². The van der Waals surface area contributed by atoms with E-state index in [1.54, 1.807) is 13.0 Å². The fourth-order valence-corrected chi connectivity index (χ4v) is 17.5. The van der Waals surface area contributed by atoms with Gasteiger partial charge in [0.05, 0.1) is 25.4 Å². The summed E-state index contributed by atoms with van der Waals surface area (Å²) in [5.74, 6) is -0.656. The number of hydrogen-bond acceptors (Lipinski definition) is 11. The molecule has 10 atom stereocenters. The molecule has 0 radical (unpaired) electrons. The summed E-state index contributed by atoms with van der Waals surface area (Å²) in [5.41, 5.74) is 7.86. The Morgan fingerprint density at radius 3 is 2.36 bits per heavy atom. The third kappa shape index (κ3) is 10.2. The molecule has 5 aliphatic carbocycles. The number of methoxy groups -OCH3 is 1. The van der Waals surface area contributed by atoms with E-state index in [4.69, 9.17) is 23.4 Å². The van der Waals surface area contributed by atoms with Gasteiger partial charge in [0.15, 0.2) is 12.2 Å². The van der Waals surface area contributed by atoms with Crippen LogP contribution in [0.2, 0.25) is 0 Å². The van der Waals surface area contributed by atoms with Gasteiger partial charge >= 0.3 is 17.6 Å². The second-order valence-corrected chi connectivity index (χ2v) is 26.0. The second-order valence-electron chi connectivity index (χ2n) is 26.0. The molecular formula is C70H84O11. The van der Waals surface area contributed by atoms with Crippen molar-refractivity contribution in [3.8, 4) is 5.75 Å². The Kier molecular flexibility index (Phi) is 16.0. The zero-order valence-electron chi connectivity index (χ0n) is 48.0. The number of benzene rings is 4. The molecular weight excluding hydrogens is 1020 g/mol. The zero-order chi connectivity index (χ0) is 56.0. The molecule has 8 aliphatic rings. The van der Waals surface area contributed by atoms with E-state index in [2.05, 4.69) is 72.8 Å². The van der Waals surface area contributed by atoms with Crippen LogP contribution in [0.1, 0.15) is 210 Å². The molecule has 0 unspecified atom stereocenters. The number of hydrogen-bond donors (Lipinski definition) is 3. The highest BCUT2D eigenvalue weighted by molar-refractivity contribution is 5.90. The SMILES string of the molecule is COC[C@@H](CCO)c1c(CO)c2ccc3c(c2oc1=O)[C@H]1OC(=O)C[C@H]2C[C@@H](c4cccc([C@]56CCCC[C@@H]5CCc5ccccc56)c4)CC[C@H]2c2ccc(cc2)CC/C(=C(\C)CO)C(=O)O[C@@H]1[C@](C)([C@H]1CCCC2(CCCC2)C1)O3. The van der Waals surface area contributed by atoms with Gasteiger partial charge in [-0.2, -0.15) is 0 Å². The van der Waals surface area contributed by atoms with E-state index in [0.29, 0.717) is 46.6 Å². The number of ether oxygens (including phenoxy) is 4.